The number of aliphatic hydroxyl groups excluding tert-OH is 1. The van der Waals surface area contributed by atoms with Crippen LogP contribution in [-0.4, -0.2) is 49.8 Å². The van der Waals surface area contributed by atoms with Crippen LogP contribution in [0.2, 0.25) is 0 Å². The Hall–Kier alpha value is -1.81. The molecule has 0 aliphatic carbocycles. The summed E-state index contributed by atoms with van der Waals surface area (Å²) in [5.41, 5.74) is -1.82. The fraction of sp³-hybridized carbons (Fsp3) is 0.552. The quantitative estimate of drug-likeness (QED) is 0.263. The number of carbonyl (C=O) groups is 1. The van der Waals surface area contributed by atoms with E-state index in [1.54, 1.807) is 39.0 Å². The Labute approximate surface area is 235 Å². The number of rotatable bonds is 14. The van der Waals surface area contributed by atoms with Gasteiger partial charge in [-0.15, -0.1) is 0 Å². The molecule has 0 aliphatic heterocycles. The van der Waals surface area contributed by atoms with Gasteiger partial charge in [-0.25, -0.2) is 12.8 Å². The standard InChI is InChI=1S/C29H40BrFO6S/c1-27(2,3)37-26(33)29(23-13-9-14-24(30)25(23)31,20-36-19-22-11-7-6-8-12-22)16-10-15-28(4,5)21-38(34,35)18-17-32/h6-9,11-14,32H,10,15-21H2,1-5H3. The van der Waals surface area contributed by atoms with Gasteiger partial charge < -0.3 is 14.6 Å². The van der Waals surface area contributed by atoms with Crippen LogP contribution in [0.3, 0.4) is 0 Å². The Morgan fingerprint density at radius 1 is 1.00 bits per heavy atom. The van der Waals surface area contributed by atoms with E-state index in [4.69, 9.17) is 14.6 Å². The van der Waals surface area contributed by atoms with Crippen molar-refractivity contribution in [3.8, 4) is 0 Å². The molecule has 212 valence electrons. The monoisotopic (exact) mass is 614 g/mol. The van der Waals surface area contributed by atoms with Gasteiger partial charge in [0.05, 0.1) is 35.8 Å². The molecular weight excluding hydrogens is 575 g/mol. The van der Waals surface area contributed by atoms with Crippen molar-refractivity contribution in [1.82, 2.24) is 0 Å². The fourth-order valence-electron chi connectivity index (χ4n) is 4.47. The van der Waals surface area contributed by atoms with Crippen LogP contribution in [0.4, 0.5) is 4.39 Å². The molecule has 0 saturated carbocycles. The summed E-state index contributed by atoms with van der Waals surface area (Å²) in [4.78, 5) is 13.8. The summed E-state index contributed by atoms with van der Waals surface area (Å²) in [6.07, 6.45) is 1.06. The van der Waals surface area contributed by atoms with Gasteiger partial charge in [0.1, 0.15) is 16.8 Å². The maximum atomic E-state index is 15.6. The first-order valence-corrected chi connectivity index (χ1v) is 15.3. The number of hydrogen-bond donors (Lipinski definition) is 1. The van der Waals surface area contributed by atoms with Gasteiger partial charge in [0, 0.05) is 5.56 Å². The van der Waals surface area contributed by atoms with Crippen LogP contribution in [-0.2, 0) is 36.1 Å². The van der Waals surface area contributed by atoms with E-state index in [0.717, 1.165) is 5.56 Å². The predicted octanol–water partition coefficient (Wildman–Crippen LogP) is 5.99. The van der Waals surface area contributed by atoms with Crippen LogP contribution < -0.4 is 0 Å². The molecule has 1 atom stereocenters. The topological polar surface area (TPSA) is 89.9 Å². The van der Waals surface area contributed by atoms with E-state index in [2.05, 4.69) is 15.9 Å². The number of esters is 1. The maximum absolute atomic E-state index is 15.6. The Balaban J connectivity index is 2.43. The van der Waals surface area contributed by atoms with E-state index in [0.29, 0.717) is 12.8 Å². The summed E-state index contributed by atoms with van der Waals surface area (Å²) in [7, 11) is -3.44. The van der Waals surface area contributed by atoms with Crippen molar-refractivity contribution in [2.75, 3.05) is 24.7 Å². The molecule has 0 amide bonds. The SMILES string of the molecule is CC(C)(CCCC(COCc1ccccc1)(C(=O)OC(C)(C)C)c1cccc(Br)c1F)CS(=O)(=O)CCO. The lowest BCUT2D eigenvalue weighted by Gasteiger charge is -2.36. The van der Waals surface area contributed by atoms with Gasteiger partial charge in [-0.05, 0) is 66.6 Å². The number of aliphatic hydroxyl groups is 1. The van der Waals surface area contributed by atoms with Crippen LogP contribution in [0.15, 0.2) is 53.0 Å². The number of ether oxygens (including phenoxy) is 2. The molecule has 0 aromatic heterocycles. The van der Waals surface area contributed by atoms with E-state index in [9.17, 15) is 13.2 Å². The van der Waals surface area contributed by atoms with E-state index >= 15 is 4.39 Å². The normalized spacial score (nSPS) is 14.2. The lowest BCUT2D eigenvalue weighted by molar-refractivity contribution is -0.166. The molecule has 2 aromatic rings. The van der Waals surface area contributed by atoms with Crippen molar-refractivity contribution < 1.29 is 32.2 Å². The molecule has 0 aliphatic rings. The van der Waals surface area contributed by atoms with Crippen molar-refractivity contribution in [3.63, 3.8) is 0 Å². The average Bonchev–Trinajstić information content (AvgIpc) is 2.78. The summed E-state index contributed by atoms with van der Waals surface area (Å²) >= 11 is 3.25. The van der Waals surface area contributed by atoms with Gasteiger partial charge in [0.2, 0.25) is 0 Å². The van der Waals surface area contributed by atoms with Gasteiger partial charge >= 0.3 is 5.97 Å². The summed E-state index contributed by atoms with van der Waals surface area (Å²) in [5, 5.41) is 9.09. The molecule has 0 radical (unpaired) electrons. The van der Waals surface area contributed by atoms with Gasteiger partial charge in [-0.2, -0.15) is 0 Å². The zero-order chi connectivity index (χ0) is 28.6. The molecule has 0 bridgehead atoms. The average molecular weight is 616 g/mol. The third-order valence-electron chi connectivity index (χ3n) is 6.19. The summed E-state index contributed by atoms with van der Waals surface area (Å²) in [6.45, 7) is 8.62. The van der Waals surface area contributed by atoms with Crippen LogP contribution in [0.5, 0.6) is 0 Å². The molecule has 6 nitrogen and oxygen atoms in total. The third-order valence-corrected chi connectivity index (χ3v) is 8.83. The smallest absolute Gasteiger partial charge is 0.319 e. The summed E-state index contributed by atoms with van der Waals surface area (Å²) < 4.78 is 52.4. The van der Waals surface area contributed by atoms with Gasteiger partial charge in [0.15, 0.2) is 9.84 Å². The van der Waals surface area contributed by atoms with Gasteiger partial charge in [0.25, 0.3) is 0 Å². The number of carbonyl (C=O) groups excluding carboxylic acids is 1. The van der Waals surface area contributed by atoms with Crippen molar-refractivity contribution in [3.05, 3.63) is 69.9 Å². The lowest BCUT2D eigenvalue weighted by Crippen LogP contribution is -2.45. The Bertz CT molecular complexity index is 1160. The van der Waals surface area contributed by atoms with Gasteiger partial charge in [-0.3, -0.25) is 4.79 Å². The van der Waals surface area contributed by atoms with Crippen LogP contribution in [0.25, 0.3) is 0 Å². The molecule has 0 heterocycles. The number of benzene rings is 2. The van der Waals surface area contributed by atoms with Crippen LogP contribution >= 0.6 is 15.9 Å². The highest BCUT2D eigenvalue weighted by molar-refractivity contribution is 9.10. The molecule has 38 heavy (non-hydrogen) atoms. The fourth-order valence-corrected chi connectivity index (χ4v) is 6.59. The second-order valence-corrected chi connectivity index (χ2v) is 14.5. The third kappa shape index (κ3) is 9.74. The van der Waals surface area contributed by atoms with E-state index in [1.807, 2.05) is 44.2 Å². The summed E-state index contributed by atoms with van der Waals surface area (Å²) in [5.74, 6) is -1.56. The second-order valence-electron chi connectivity index (χ2n) is 11.5. The number of sulfone groups is 1. The van der Waals surface area contributed by atoms with E-state index in [1.165, 1.54) is 0 Å². The zero-order valence-corrected chi connectivity index (χ0v) is 25.3. The van der Waals surface area contributed by atoms with E-state index < -0.39 is 44.7 Å². The molecule has 2 aromatic carbocycles. The molecule has 2 rings (SSSR count). The zero-order valence-electron chi connectivity index (χ0n) is 22.9. The van der Waals surface area contributed by atoms with Crippen molar-refractivity contribution in [2.45, 2.75) is 71.5 Å². The van der Waals surface area contributed by atoms with Crippen molar-refractivity contribution in [2.24, 2.45) is 5.41 Å². The highest BCUT2D eigenvalue weighted by atomic mass is 79.9. The molecule has 9 heteroatoms. The highest BCUT2D eigenvalue weighted by Crippen LogP contribution is 2.39. The second kappa shape index (κ2) is 13.5. The first-order chi connectivity index (χ1) is 17.6. The first kappa shape index (κ1) is 32.4. The van der Waals surface area contributed by atoms with Crippen LogP contribution in [0.1, 0.15) is 65.0 Å². The minimum atomic E-state index is -3.44. The lowest BCUT2D eigenvalue weighted by atomic mass is 9.74. The minimum Gasteiger partial charge on any atom is -0.459 e. The Morgan fingerprint density at radius 3 is 2.26 bits per heavy atom. The minimum absolute atomic E-state index is 0.101. The Morgan fingerprint density at radius 2 is 1.66 bits per heavy atom. The maximum Gasteiger partial charge on any atom is 0.319 e. The molecule has 0 fully saturated rings. The summed E-state index contributed by atoms with van der Waals surface area (Å²) in [6, 6.07) is 14.3. The number of halogens is 2. The van der Waals surface area contributed by atoms with Crippen molar-refractivity contribution >= 4 is 31.7 Å². The Kier molecular flexibility index (Phi) is 11.5. The molecule has 0 saturated heterocycles. The highest BCUT2D eigenvalue weighted by Gasteiger charge is 2.46. The van der Waals surface area contributed by atoms with E-state index in [-0.39, 0.29) is 41.2 Å². The van der Waals surface area contributed by atoms with Crippen molar-refractivity contribution in [1.29, 1.82) is 0 Å². The number of hydrogen-bond acceptors (Lipinski definition) is 6. The predicted molar refractivity (Wildman–Crippen MR) is 151 cm³/mol. The van der Waals surface area contributed by atoms with Crippen LogP contribution in [0, 0.1) is 11.2 Å². The molecule has 1 unspecified atom stereocenters. The molecular formula is C29H40BrFO6S. The largest absolute Gasteiger partial charge is 0.459 e. The molecule has 0 spiro atoms. The molecule has 1 N–H and O–H groups in total. The van der Waals surface area contributed by atoms with Gasteiger partial charge in [-0.1, -0.05) is 62.7 Å². The first-order valence-electron chi connectivity index (χ1n) is 12.7.